The Morgan fingerprint density at radius 3 is 2.58 bits per heavy atom. The van der Waals surface area contributed by atoms with Crippen LogP contribution in [0.25, 0.3) is 0 Å². The second-order valence-electron chi connectivity index (χ2n) is 4.22. The van der Waals surface area contributed by atoms with Gasteiger partial charge in [-0.25, -0.2) is 4.79 Å². The summed E-state index contributed by atoms with van der Waals surface area (Å²) in [5.74, 6) is 0.282. The molecule has 1 aliphatic rings. The average Bonchev–Trinajstić information content (AvgIpc) is 2.43. The van der Waals surface area contributed by atoms with Crippen molar-refractivity contribution in [2.75, 3.05) is 33.9 Å². The number of ether oxygens (including phenoxy) is 3. The van der Waals surface area contributed by atoms with Crippen molar-refractivity contribution in [3.05, 3.63) is 23.8 Å². The molecule has 0 atom stereocenters. The highest BCUT2D eigenvalue weighted by molar-refractivity contribution is 5.92. The predicted octanol–water partition coefficient (Wildman–Crippen LogP) is 0.703. The van der Waals surface area contributed by atoms with Gasteiger partial charge in [-0.1, -0.05) is 0 Å². The minimum Gasteiger partial charge on any atom is -0.486 e. The summed E-state index contributed by atoms with van der Waals surface area (Å²) in [5.41, 5.74) is 0.329. The molecule has 19 heavy (non-hydrogen) atoms. The first-order valence-corrected chi connectivity index (χ1v) is 5.85. The maximum absolute atomic E-state index is 11.8. The third kappa shape index (κ3) is 3.15. The van der Waals surface area contributed by atoms with Gasteiger partial charge < -0.3 is 19.1 Å². The molecule has 0 N–H and O–H groups in total. The molecule has 0 saturated heterocycles. The number of nitrogens with zero attached hydrogens (tertiary/aromatic N) is 1. The molecule has 0 radical (unpaired) electrons. The number of hydrogen-bond acceptors (Lipinski definition) is 5. The summed E-state index contributed by atoms with van der Waals surface area (Å²) in [6.45, 7) is 0.666. The zero-order valence-electron chi connectivity index (χ0n) is 10.8. The summed E-state index contributed by atoms with van der Waals surface area (Å²) in [6.07, 6.45) is 0. The van der Waals surface area contributed by atoms with E-state index in [1.54, 1.807) is 32.3 Å². The maximum atomic E-state index is 11.8. The summed E-state index contributed by atoms with van der Waals surface area (Å²) in [6, 6.07) is 4.78. The van der Waals surface area contributed by atoms with E-state index in [4.69, 9.17) is 14.2 Å². The Bertz CT molecular complexity index is 498. The Morgan fingerprint density at radius 1 is 1.21 bits per heavy atom. The van der Waals surface area contributed by atoms with Crippen LogP contribution in [0.5, 0.6) is 11.5 Å². The molecule has 1 amide bonds. The van der Waals surface area contributed by atoms with Gasteiger partial charge in [-0.15, -0.1) is 0 Å². The lowest BCUT2D eigenvalue weighted by Gasteiger charge is -2.18. The Hall–Kier alpha value is -2.24. The largest absolute Gasteiger partial charge is 0.486 e. The van der Waals surface area contributed by atoms with E-state index in [1.165, 1.54) is 4.90 Å². The van der Waals surface area contributed by atoms with Crippen LogP contribution in [0.3, 0.4) is 0 Å². The zero-order chi connectivity index (χ0) is 13.8. The van der Waals surface area contributed by atoms with Crippen molar-refractivity contribution in [1.82, 2.24) is 4.90 Å². The van der Waals surface area contributed by atoms with Crippen molar-refractivity contribution in [3.63, 3.8) is 0 Å². The van der Waals surface area contributed by atoms with E-state index in [2.05, 4.69) is 0 Å². The van der Waals surface area contributed by atoms with Crippen LogP contribution in [-0.4, -0.2) is 50.7 Å². The summed E-state index contributed by atoms with van der Waals surface area (Å²) >= 11 is 0. The SMILES string of the molecule is CN(C)C(=O)COC(=O)c1ccc2c(c1)OCCO2. The maximum Gasteiger partial charge on any atom is 0.338 e. The molecule has 1 aliphatic heterocycles. The quantitative estimate of drug-likeness (QED) is 0.753. The lowest BCUT2D eigenvalue weighted by molar-refractivity contribution is -0.131. The van der Waals surface area contributed by atoms with Crippen LogP contribution in [-0.2, 0) is 9.53 Å². The number of benzene rings is 1. The number of carbonyl (C=O) groups excluding carboxylic acids is 2. The second kappa shape index (κ2) is 5.60. The normalized spacial score (nSPS) is 12.7. The summed E-state index contributed by atoms with van der Waals surface area (Å²) in [5, 5.41) is 0. The number of carbonyl (C=O) groups is 2. The van der Waals surface area contributed by atoms with Gasteiger partial charge in [0, 0.05) is 14.1 Å². The molecule has 0 spiro atoms. The van der Waals surface area contributed by atoms with Crippen LogP contribution in [0, 0.1) is 0 Å². The van der Waals surface area contributed by atoms with E-state index >= 15 is 0 Å². The Labute approximate surface area is 110 Å². The first-order valence-electron chi connectivity index (χ1n) is 5.85. The highest BCUT2D eigenvalue weighted by Crippen LogP contribution is 2.30. The smallest absolute Gasteiger partial charge is 0.338 e. The van der Waals surface area contributed by atoms with Gasteiger partial charge >= 0.3 is 5.97 Å². The van der Waals surface area contributed by atoms with Crippen molar-refractivity contribution >= 4 is 11.9 Å². The van der Waals surface area contributed by atoms with Crippen LogP contribution in [0.4, 0.5) is 0 Å². The lowest BCUT2D eigenvalue weighted by Crippen LogP contribution is -2.27. The number of likely N-dealkylation sites (N-methyl/N-ethyl adjacent to an activating group) is 1. The average molecular weight is 265 g/mol. The predicted molar refractivity (Wildman–Crippen MR) is 66.4 cm³/mol. The monoisotopic (exact) mass is 265 g/mol. The molecule has 0 unspecified atom stereocenters. The van der Waals surface area contributed by atoms with Gasteiger partial charge in [-0.3, -0.25) is 4.79 Å². The molecule has 6 heteroatoms. The molecule has 6 nitrogen and oxygen atoms in total. The highest BCUT2D eigenvalue weighted by atomic mass is 16.6. The minimum atomic E-state index is -0.563. The molecule has 0 fully saturated rings. The Morgan fingerprint density at radius 2 is 1.89 bits per heavy atom. The molecule has 0 aliphatic carbocycles. The molecule has 0 bridgehead atoms. The van der Waals surface area contributed by atoms with Crippen LogP contribution in [0.1, 0.15) is 10.4 Å². The number of esters is 1. The third-order valence-electron chi connectivity index (χ3n) is 2.60. The van der Waals surface area contributed by atoms with E-state index in [-0.39, 0.29) is 12.5 Å². The fraction of sp³-hybridized carbons (Fsp3) is 0.385. The van der Waals surface area contributed by atoms with Gasteiger partial charge in [-0.05, 0) is 18.2 Å². The van der Waals surface area contributed by atoms with Crippen LogP contribution in [0.2, 0.25) is 0 Å². The molecule has 0 aromatic heterocycles. The molecule has 1 aromatic rings. The van der Waals surface area contributed by atoms with Crippen molar-refractivity contribution < 1.29 is 23.8 Å². The molecular formula is C13H15NO5. The van der Waals surface area contributed by atoms with Gasteiger partial charge in [0.2, 0.25) is 0 Å². The number of amides is 1. The fourth-order valence-electron chi connectivity index (χ4n) is 1.51. The fourth-order valence-corrected chi connectivity index (χ4v) is 1.51. The van der Waals surface area contributed by atoms with Gasteiger partial charge in [0.15, 0.2) is 18.1 Å². The van der Waals surface area contributed by atoms with Crippen LogP contribution >= 0.6 is 0 Å². The summed E-state index contributed by atoms with van der Waals surface area (Å²) < 4.78 is 15.6. The minimum absolute atomic E-state index is 0.272. The molecule has 1 aromatic carbocycles. The van der Waals surface area contributed by atoms with Crippen molar-refractivity contribution in [2.24, 2.45) is 0 Å². The summed E-state index contributed by atoms with van der Waals surface area (Å²) in [7, 11) is 3.19. The summed E-state index contributed by atoms with van der Waals surface area (Å²) in [4.78, 5) is 24.4. The molecule has 0 saturated carbocycles. The van der Waals surface area contributed by atoms with Gasteiger partial charge in [0.1, 0.15) is 13.2 Å². The van der Waals surface area contributed by atoms with E-state index in [0.29, 0.717) is 30.3 Å². The molecular weight excluding hydrogens is 250 g/mol. The topological polar surface area (TPSA) is 65.1 Å². The van der Waals surface area contributed by atoms with Crippen molar-refractivity contribution in [1.29, 1.82) is 0 Å². The lowest BCUT2D eigenvalue weighted by atomic mass is 10.2. The van der Waals surface area contributed by atoms with Crippen LogP contribution in [0.15, 0.2) is 18.2 Å². The third-order valence-corrected chi connectivity index (χ3v) is 2.60. The second-order valence-corrected chi connectivity index (χ2v) is 4.22. The van der Waals surface area contributed by atoms with Gasteiger partial charge in [0.25, 0.3) is 5.91 Å². The standard InChI is InChI=1S/C13H15NO5/c1-14(2)12(15)8-19-13(16)9-3-4-10-11(7-9)18-6-5-17-10/h3-4,7H,5-6,8H2,1-2H3. The van der Waals surface area contributed by atoms with E-state index in [1.807, 2.05) is 0 Å². The first kappa shape index (κ1) is 13.2. The molecule has 102 valence electrons. The van der Waals surface area contributed by atoms with Crippen molar-refractivity contribution in [2.45, 2.75) is 0 Å². The highest BCUT2D eigenvalue weighted by Gasteiger charge is 2.16. The van der Waals surface area contributed by atoms with Gasteiger partial charge in [0.05, 0.1) is 5.56 Å². The van der Waals surface area contributed by atoms with E-state index < -0.39 is 5.97 Å². The first-order chi connectivity index (χ1) is 9.08. The number of fused-ring (bicyclic) bond motifs is 1. The Kier molecular flexibility index (Phi) is 3.89. The molecule has 1 heterocycles. The zero-order valence-corrected chi connectivity index (χ0v) is 10.8. The van der Waals surface area contributed by atoms with E-state index in [0.717, 1.165) is 0 Å². The Balaban J connectivity index is 2.01. The number of hydrogen-bond donors (Lipinski definition) is 0. The van der Waals surface area contributed by atoms with Crippen LogP contribution < -0.4 is 9.47 Å². The van der Waals surface area contributed by atoms with Gasteiger partial charge in [-0.2, -0.15) is 0 Å². The van der Waals surface area contributed by atoms with E-state index in [9.17, 15) is 9.59 Å². The molecule has 2 rings (SSSR count). The number of rotatable bonds is 3. The van der Waals surface area contributed by atoms with Crippen molar-refractivity contribution in [3.8, 4) is 11.5 Å².